The van der Waals surface area contributed by atoms with Crippen molar-refractivity contribution in [2.75, 3.05) is 12.3 Å². The third kappa shape index (κ3) is 6.02. The molecule has 1 atom stereocenters. The molecule has 0 spiro atoms. The molecule has 1 N–H and O–H groups in total. The summed E-state index contributed by atoms with van der Waals surface area (Å²) < 4.78 is 37.3. The Hall–Kier alpha value is -3.03. The minimum absolute atomic E-state index is 0.0560. The van der Waals surface area contributed by atoms with Crippen LogP contribution in [0.2, 0.25) is 0 Å². The third-order valence-corrected chi connectivity index (χ3v) is 8.64. The van der Waals surface area contributed by atoms with Gasteiger partial charge in [-0.1, -0.05) is 51.1 Å². The van der Waals surface area contributed by atoms with Crippen LogP contribution in [0.4, 0.5) is 4.39 Å². The van der Waals surface area contributed by atoms with Crippen LogP contribution >= 0.6 is 0 Å². The number of carbonyl (C=O) groups excluding carboxylic acids is 1. The van der Waals surface area contributed by atoms with Gasteiger partial charge in [-0.2, -0.15) is 0 Å². The lowest BCUT2D eigenvalue weighted by Gasteiger charge is -2.37. The lowest BCUT2D eigenvalue weighted by atomic mass is 9.81. The van der Waals surface area contributed by atoms with Crippen LogP contribution in [0.25, 0.3) is 0 Å². The van der Waals surface area contributed by atoms with Crippen LogP contribution in [0.3, 0.4) is 0 Å². The second-order valence-electron chi connectivity index (χ2n) is 9.79. The van der Waals surface area contributed by atoms with Crippen LogP contribution in [-0.2, 0) is 29.5 Å². The van der Waals surface area contributed by atoms with Crippen molar-refractivity contribution in [1.29, 1.82) is 0 Å². The first-order valence-electron chi connectivity index (χ1n) is 12.4. The van der Waals surface area contributed by atoms with Gasteiger partial charge in [-0.3, -0.25) is 9.69 Å². The number of sulfone groups is 1. The summed E-state index contributed by atoms with van der Waals surface area (Å²) in [5.41, 5.74) is 4.93. The van der Waals surface area contributed by atoms with Crippen molar-refractivity contribution in [2.24, 2.45) is 5.92 Å². The Morgan fingerprint density at radius 3 is 2.33 bits per heavy atom. The number of halogens is 1. The summed E-state index contributed by atoms with van der Waals surface area (Å²) in [5.74, 6) is 0.448. The number of nitrogens with one attached hydrogen (secondary N) is 1. The van der Waals surface area contributed by atoms with Gasteiger partial charge in [-0.05, 0) is 70.5 Å². The van der Waals surface area contributed by atoms with E-state index in [1.54, 1.807) is 31.2 Å². The zero-order valence-electron chi connectivity index (χ0n) is 21.0. The summed E-state index contributed by atoms with van der Waals surface area (Å²) in [6.45, 7) is 8.73. The summed E-state index contributed by atoms with van der Waals surface area (Å²) in [6, 6.07) is 19.2. The van der Waals surface area contributed by atoms with Crippen molar-refractivity contribution in [1.82, 2.24) is 10.2 Å². The van der Waals surface area contributed by atoms with Crippen LogP contribution in [-0.4, -0.2) is 31.5 Å². The zero-order chi connectivity index (χ0) is 25.9. The quantitative estimate of drug-likeness (QED) is 0.448. The van der Waals surface area contributed by atoms with E-state index in [4.69, 9.17) is 0 Å². The molecule has 0 fully saturated rings. The Morgan fingerprint density at radius 1 is 1.03 bits per heavy atom. The molecule has 0 aromatic heterocycles. The van der Waals surface area contributed by atoms with E-state index in [1.165, 1.54) is 17.7 Å². The number of hydrogen-bond acceptors (Lipinski definition) is 4. The molecule has 0 radical (unpaired) electrons. The highest BCUT2D eigenvalue weighted by Crippen LogP contribution is 2.34. The summed E-state index contributed by atoms with van der Waals surface area (Å²) in [6.07, 6.45) is 0. The van der Waals surface area contributed by atoms with E-state index < -0.39 is 9.84 Å². The minimum Gasteiger partial charge on any atom is -0.348 e. The molecule has 4 rings (SSSR count). The molecule has 0 bridgehead atoms. The van der Waals surface area contributed by atoms with Gasteiger partial charge in [0.2, 0.25) is 0 Å². The van der Waals surface area contributed by atoms with Crippen molar-refractivity contribution < 1.29 is 17.6 Å². The fourth-order valence-electron chi connectivity index (χ4n) is 4.73. The van der Waals surface area contributed by atoms with Gasteiger partial charge < -0.3 is 5.32 Å². The first kappa shape index (κ1) is 26.0. The fraction of sp³-hybridized carbons (Fsp3) is 0.345. The van der Waals surface area contributed by atoms with Gasteiger partial charge >= 0.3 is 0 Å². The first-order chi connectivity index (χ1) is 17.2. The second-order valence-corrected chi connectivity index (χ2v) is 12.1. The van der Waals surface area contributed by atoms with E-state index >= 15 is 0 Å². The van der Waals surface area contributed by atoms with E-state index in [0.717, 1.165) is 36.3 Å². The maximum Gasteiger partial charge on any atom is 0.251 e. The highest BCUT2D eigenvalue weighted by atomic mass is 32.2. The predicted molar refractivity (Wildman–Crippen MR) is 140 cm³/mol. The lowest BCUT2D eigenvalue weighted by Crippen LogP contribution is -2.35. The van der Waals surface area contributed by atoms with Crippen molar-refractivity contribution in [3.63, 3.8) is 0 Å². The lowest BCUT2D eigenvalue weighted by molar-refractivity contribution is 0.0950. The normalized spacial score (nSPS) is 16.1. The number of nitrogens with zero attached hydrogens (tertiary/aromatic N) is 1. The number of hydrogen-bond donors (Lipinski definition) is 1. The molecule has 3 aromatic carbocycles. The molecule has 1 aliphatic rings. The number of amides is 1. The van der Waals surface area contributed by atoms with Gasteiger partial charge in [-0.15, -0.1) is 0 Å². The summed E-state index contributed by atoms with van der Waals surface area (Å²) in [5, 5.41) is 2.95. The average molecular weight is 509 g/mol. The molecular formula is C29H33FN2O3S. The van der Waals surface area contributed by atoms with E-state index in [1.807, 2.05) is 24.3 Å². The summed E-state index contributed by atoms with van der Waals surface area (Å²) >= 11 is 0. The smallest absolute Gasteiger partial charge is 0.251 e. The van der Waals surface area contributed by atoms with Gasteiger partial charge in [0.15, 0.2) is 9.84 Å². The molecule has 0 aliphatic carbocycles. The molecule has 7 heteroatoms. The maximum atomic E-state index is 13.3. The molecule has 0 saturated heterocycles. The molecule has 1 aliphatic heterocycles. The van der Waals surface area contributed by atoms with Gasteiger partial charge in [0.05, 0.1) is 10.6 Å². The van der Waals surface area contributed by atoms with E-state index in [9.17, 15) is 17.6 Å². The summed E-state index contributed by atoms with van der Waals surface area (Å²) in [4.78, 5) is 15.6. The molecule has 3 aromatic rings. The van der Waals surface area contributed by atoms with Crippen LogP contribution in [0.5, 0.6) is 0 Å². The predicted octanol–water partition coefficient (Wildman–Crippen LogP) is 5.30. The van der Waals surface area contributed by atoms with Crippen LogP contribution in [0.15, 0.2) is 71.6 Å². The zero-order valence-corrected chi connectivity index (χ0v) is 21.8. The standard InChI is InChI=1S/C29H33FN2O3S/c1-4-36(34,35)26-12-7-21(8-13-26)16-31-29(33)23-9-14-27-24(15-23)18-32(19-28(27)20(2)3)17-22-5-10-25(30)11-6-22/h5-15,20,28H,4,16-19H2,1-3H3,(H,31,33). The molecule has 1 amide bonds. The van der Waals surface area contributed by atoms with Crippen LogP contribution in [0, 0.1) is 11.7 Å². The molecule has 0 saturated carbocycles. The van der Waals surface area contributed by atoms with Gasteiger partial charge in [0, 0.05) is 31.7 Å². The molecule has 190 valence electrons. The largest absolute Gasteiger partial charge is 0.348 e. The highest BCUT2D eigenvalue weighted by molar-refractivity contribution is 7.91. The molecule has 5 nitrogen and oxygen atoms in total. The Bertz CT molecular complexity index is 1320. The van der Waals surface area contributed by atoms with Crippen molar-refractivity contribution in [3.05, 3.63) is 100 Å². The fourth-order valence-corrected chi connectivity index (χ4v) is 5.62. The van der Waals surface area contributed by atoms with Crippen LogP contribution < -0.4 is 5.32 Å². The molecule has 1 unspecified atom stereocenters. The monoisotopic (exact) mass is 508 g/mol. The third-order valence-electron chi connectivity index (χ3n) is 6.89. The topological polar surface area (TPSA) is 66.5 Å². The van der Waals surface area contributed by atoms with Crippen molar-refractivity contribution in [2.45, 2.75) is 51.2 Å². The van der Waals surface area contributed by atoms with Crippen LogP contribution in [0.1, 0.15) is 59.3 Å². The van der Waals surface area contributed by atoms with E-state index in [0.29, 0.717) is 28.8 Å². The molecule has 1 heterocycles. The minimum atomic E-state index is -3.24. The number of carbonyl (C=O) groups is 1. The first-order valence-corrected chi connectivity index (χ1v) is 14.0. The van der Waals surface area contributed by atoms with Crippen molar-refractivity contribution in [3.8, 4) is 0 Å². The Kier molecular flexibility index (Phi) is 7.91. The Morgan fingerprint density at radius 2 is 1.69 bits per heavy atom. The van der Waals surface area contributed by atoms with E-state index in [-0.39, 0.29) is 17.5 Å². The maximum absolute atomic E-state index is 13.3. The SMILES string of the molecule is CCS(=O)(=O)c1ccc(CNC(=O)c2ccc3c(c2)CN(Cc2ccc(F)cc2)CC3C(C)C)cc1. The number of benzene rings is 3. The van der Waals surface area contributed by atoms with Gasteiger partial charge in [0.1, 0.15) is 5.82 Å². The number of rotatable bonds is 8. The highest BCUT2D eigenvalue weighted by Gasteiger charge is 2.28. The number of fused-ring (bicyclic) bond motifs is 1. The molecular weight excluding hydrogens is 475 g/mol. The van der Waals surface area contributed by atoms with Gasteiger partial charge in [0.25, 0.3) is 5.91 Å². The van der Waals surface area contributed by atoms with E-state index in [2.05, 4.69) is 30.1 Å². The van der Waals surface area contributed by atoms with Gasteiger partial charge in [-0.25, -0.2) is 12.8 Å². The van der Waals surface area contributed by atoms with Crippen molar-refractivity contribution >= 4 is 15.7 Å². The Labute approximate surface area is 213 Å². The average Bonchev–Trinajstić information content (AvgIpc) is 2.88. The molecule has 36 heavy (non-hydrogen) atoms. The summed E-state index contributed by atoms with van der Waals surface area (Å²) in [7, 11) is -3.24. The second kappa shape index (κ2) is 10.9. The Balaban J connectivity index is 1.46.